The molecular weight excluding hydrogens is 393 g/mol. The first-order valence-corrected chi connectivity index (χ1v) is 10.5. The third-order valence-electron chi connectivity index (χ3n) is 5.70. The molecule has 5 heteroatoms. The number of nitrogens with zero attached hydrogens (tertiary/aromatic N) is 1. The smallest absolute Gasteiger partial charge is 0.231 e. The van der Waals surface area contributed by atoms with Crippen LogP contribution >= 0.6 is 0 Å². The van der Waals surface area contributed by atoms with Crippen molar-refractivity contribution in [2.45, 2.75) is 32.2 Å². The molecule has 0 fully saturated rings. The third-order valence-corrected chi connectivity index (χ3v) is 5.70. The highest BCUT2D eigenvalue weighted by molar-refractivity contribution is 5.73. The summed E-state index contributed by atoms with van der Waals surface area (Å²) in [6.45, 7) is 2.58. The maximum Gasteiger partial charge on any atom is 0.231 e. The molecular formula is C26H26FNO3. The molecule has 31 heavy (non-hydrogen) atoms. The van der Waals surface area contributed by atoms with Crippen LogP contribution in [0.15, 0.2) is 72.8 Å². The molecule has 0 saturated carbocycles. The summed E-state index contributed by atoms with van der Waals surface area (Å²) in [5.74, 6) is 1.34. The number of carbonyl (C=O) groups is 1. The lowest BCUT2D eigenvalue weighted by atomic mass is 9.88. The van der Waals surface area contributed by atoms with Gasteiger partial charge in [0, 0.05) is 25.6 Å². The molecule has 0 aromatic heterocycles. The summed E-state index contributed by atoms with van der Waals surface area (Å²) in [5.41, 5.74) is 2.90. The molecule has 160 valence electrons. The number of fused-ring (bicyclic) bond motifs is 1. The summed E-state index contributed by atoms with van der Waals surface area (Å²) >= 11 is 0. The van der Waals surface area contributed by atoms with Crippen molar-refractivity contribution in [2.75, 3.05) is 13.3 Å². The van der Waals surface area contributed by atoms with E-state index in [4.69, 9.17) is 9.47 Å². The van der Waals surface area contributed by atoms with Crippen LogP contribution < -0.4 is 9.47 Å². The van der Waals surface area contributed by atoms with Crippen molar-refractivity contribution in [2.24, 2.45) is 0 Å². The predicted octanol–water partition coefficient (Wildman–Crippen LogP) is 5.32. The topological polar surface area (TPSA) is 38.8 Å². The van der Waals surface area contributed by atoms with Crippen molar-refractivity contribution in [1.29, 1.82) is 0 Å². The van der Waals surface area contributed by atoms with Crippen molar-refractivity contribution >= 4 is 5.91 Å². The van der Waals surface area contributed by atoms with Crippen LogP contribution in [0, 0.1) is 5.82 Å². The van der Waals surface area contributed by atoms with Crippen molar-refractivity contribution < 1.29 is 18.7 Å². The van der Waals surface area contributed by atoms with E-state index in [1.807, 2.05) is 30.3 Å². The molecule has 0 bridgehead atoms. The second kappa shape index (κ2) is 9.65. The maximum atomic E-state index is 14.1. The fourth-order valence-corrected chi connectivity index (χ4v) is 3.94. The van der Waals surface area contributed by atoms with Gasteiger partial charge >= 0.3 is 0 Å². The summed E-state index contributed by atoms with van der Waals surface area (Å²) < 4.78 is 25.1. The standard InChI is InChI=1S/C26H26FNO3/c1-19(29)28(17-23-9-5-6-10-24(23)27)14-13-22(15-20-7-3-2-4-8-20)21-11-12-25-26(16-21)31-18-30-25/h2-12,16,22H,13-15,17-18H2,1H3/t22-/m0/s1. The summed E-state index contributed by atoms with van der Waals surface area (Å²) in [4.78, 5) is 14.0. The van der Waals surface area contributed by atoms with Gasteiger partial charge < -0.3 is 14.4 Å². The van der Waals surface area contributed by atoms with Gasteiger partial charge in [-0.25, -0.2) is 4.39 Å². The van der Waals surface area contributed by atoms with Gasteiger partial charge in [-0.05, 0) is 48.1 Å². The van der Waals surface area contributed by atoms with Crippen LogP contribution in [0.4, 0.5) is 4.39 Å². The van der Waals surface area contributed by atoms with Crippen LogP contribution in [-0.4, -0.2) is 24.1 Å². The van der Waals surface area contributed by atoms with Gasteiger partial charge in [-0.15, -0.1) is 0 Å². The number of amides is 1. The Labute approximate surface area is 182 Å². The molecule has 1 amide bonds. The molecule has 4 nitrogen and oxygen atoms in total. The maximum absolute atomic E-state index is 14.1. The lowest BCUT2D eigenvalue weighted by Crippen LogP contribution is -2.30. The number of rotatable bonds is 8. The Morgan fingerprint density at radius 1 is 1.00 bits per heavy atom. The second-order valence-corrected chi connectivity index (χ2v) is 7.82. The van der Waals surface area contributed by atoms with E-state index < -0.39 is 0 Å². The Morgan fingerprint density at radius 2 is 1.74 bits per heavy atom. The van der Waals surface area contributed by atoms with Gasteiger partial charge in [0.2, 0.25) is 12.7 Å². The van der Waals surface area contributed by atoms with E-state index in [0.29, 0.717) is 12.1 Å². The Bertz CT molecular complexity index is 1040. The van der Waals surface area contributed by atoms with Crippen molar-refractivity contribution in [3.05, 3.63) is 95.3 Å². The van der Waals surface area contributed by atoms with Gasteiger partial charge in [0.25, 0.3) is 0 Å². The zero-order chi connectivity index (χ0) is 21.6. The number of benzene rings is 3. The van der Waals surface area contributed by atoms with Gasteiger partial charge in [0.15, 0.2) is 11.5 Å². The molecule has 0 unspecified atom stereocenters. The van der Waals surface area contributed by atoms with Gasteiger partial charge in [-0.2, -0.15) is 0 Å². The Hall–Kier alpha value is -3.34. The minimum atomic E-state index is -0.287. The fraction of sp³-hybridized carbons (Fsp3) is 0.269. The molecule has 0 radical (unpaired) electrons. The van der Waals surface area contributed by atoms with Crippen LogP contribution in [0.5, 0.6) is 11.5 Å². The average Bonchev–Trinajstić information content (AvgIpc) is 3.25. The molecule has 0 N–H and O–H groups in total. The van der Waals surface area contributed by atoms with Crippen LogP contribution in [0.1, 0.15) is 36.0 Å². The van der Waals surface area contributed by atoms with E-state index in [1.54, 1.807) is 23.1 Å². The Balaban J connectivity index is 1.53. The average molecular weight is 419 g/mol. The molecule has 1 heterocycles. The number of hydrogen-bond donors (Lipinski definition) is 0. The molecule has 3 aromatic rings. The number of hydrogen-bond acceptors (Lipinski definition) is 3. The lowest BCUT2D eigenvalue weighted by molar-refractivity contribution is -0.129. The molecule has 1 aliphatic rings. The summed E-state index contributed by atoms with van der Waals surface area (Å²) in [6, 6.07) is 22.9. The highest BCUT2D eigenvalue weighted by Crippen LogP contribution is 2.36. The first kappa shape index (κ1) is 20.9. The Morgan fingerprint density at radius 3 is 2.52 bits per heavy atom. The van der Waals surface area contributed by atoms with Gasteiger partial charge in [0.05, 0.1) is 0 Å². The van der Waals surface area contributed by atoms with Crippen molar-refractivity contribution in [3.63, 3.8) is 0 Å². The summed E-state index contributed by atoms with van der Waals surface area (Å²) in [5, 5.41) is 0. The van der Waals surface area contributed by atoms with Gasteiger partial charge in [0.1, 0.15) is 5.82 Å². The largest absolute Gasteiger partial charge is 0.454 e. The van der Waals surface area contributed by atoms with E-state index in [2.05, 4.69) is 18.2 Å². The van der Waals surface area contributed by atoms with Crippen LogP contribution in [0.2, 0.25) is 0 Å². The molecule has 0 spiro atoms. The van der Waals surface area contributed by atoms with Gasteiger partial charge in [-0.3, -0.25) is 4.79 Å². The molecule has 4 rings (SSSR count). The van der Waals surface area contributed by atoms with E-state index in [9.17, 15) is 9.18 Å². The zero-order valence-electron chi connectivity index (χ0n) is 17.6. The molecule has 0 saturated heterocycles. The minimum Gasteiger partial charge on any atom is -0.454 e. The number of ether oxygens (including phenoxy) is 2. The second-order valence-electron chi connectivity index (χ2n) is 7.82. The van der Waals surface area contributed by atoms with Crippen molar-refractivity contribution in [1.82, 2.24) is 4.90 Å². The summed E-state index contributed by atoms with van der Waals surface area (Å²) in [6.07, 6.45) is 1.59. The van der Waals surface area contributed by atoms with Gasteiger partial charge in [-0.1, -0.05) is 54.6 Å². The number of halogens is 1. The van der Waals surface area contributed by atoms with E-state index in [-0.39, 0.29) is 31.0 Å². The summed E-state index contributed by atoms with van der Waals surface area (Å²) in [7, 11) is 0. The van der Waals surface area contributed by atoms with Crippen LogP contribution in [0.3, 0.4) is 0 Å². The fourth-order valence-electron chi connectivity index (χ4n) is 3.94. The number of carbonyl (C=O) groups excluding carboxylic acids is 1. The molecule has 3 aromatic carbocycles. The quantitative estimate of drug-likeness (QED) is 0.496. The molecule has 0 aliphatic carbocycles. The first-order chi connectivity index (χ1) is 15.1. The zero-order valence-corrected chi connectivity index (χ0v) is 17.6. The van der Waals surface area contributed by atoms with Crippen molar-refractivity contribution in [3.8, 4) is 11.5 Å². The van der Waals surface area contributed by atoms with E-state index >= 15 is 0 Å². The van der Waals surface area contributed by atoms with E-state index in [1.165, 1.54) is 18.6 Å². The highest BCUT2D eigenvalue weighted by atomic mass is 19.1. The SMILES string of the molecule is CC(=O)N(CC[C@@H](Cc1ccccc1)c1ccc2c(c1)OCO2)Cc1ccccc1F. The normalized spacial score (nSPS) is 13.1. The van der Waals surface area contributed by atoms with E-state index in [0.717, 1.165) is 29.9 Å². The predicted molar refractivity (Wildman–Crippen MR) is 118 cm³/mol. The minimum absolute atomic E-state index is 0.0626. The van der Waals surface area contributed by atoms with Crippen LogP contribution in [0.25, 0.3) is 0 Å². The molecule has 1 atom stereocenters. The lowest BCUT2D eigenvalue weighted by Gasteiger charge is -2.25. The van der Waals surface area contributed by atoms with Crippen LogP contribution in [-0.2, 0) is 17.8 Å². The Kier molecular flexibility index (Phi) is 6.51. The third kappa shape index (κ3) is 5.23. The highest BCUT2D eigenvalue weighted by Gasteiger charge is 2.21. The molecule has 1 aliphatic heterocycles. The monoisotopic (exact) mass is 419 g/mol. The first-order valence-electron chi connectivity index (χ1n) is 10.5.